The Morgan fingerprint density at radius 2 is 1.85 bits per heavy atom. The number of hydrogen-bond acceptors (Lipinski definition) is 3. The molecule has 0 amide bonds. The van der Waals surface area contributed by atoms with Crippen LogP contribution in [0.4, 0.5) is 0 Å². The highest BCUT2D eigenvalue weighted by atomic mass is 32.1. The molecule has 0 spiro atoms. The van der Waals surface area contributed by atoms with Gasteiger partial charge in [0.05, 0.1) is 6.67 Å². The molecule has 0 unspecified atom stereocenters. The smallest absolute Gasteiger partial charge is 0.199 e. The predicted octanol–water partition coefficient (Wildman–Crippen LogP) is 3.15. The van der Waals surface area contributed by atoms with E-state index in [1.165, 1.54) is 12.8 Å². The third kappa shape index (κ3) is 2.55. The minimum absolute atomic E-state index is 0.811. The van der Waals surface area contributed by atoms with E-state index in [2.05, 4.69) is 28.5 Å². The van der Waals surface area contributed by atoms with E-state index in [1.807, 2.05) is 22.9 Å². The minimum atomic E-state index is 0.811. The van der Waals surface area contributed by atoms with E-state index in [1.54, 1.807) is 0 Å². The highest BCUT2D eigenvalue weighted by Gasteiger charge is 2.16. The molecule has 0 N–H and O–H groups in total. The average molecular weight is 288 g/mol. The molecule has 0 saturated carbocycles. The molecule has 106 valence electrons. The summed E-state index contributed by atoms with van der Waals surface area (Å²) in [5.74, 6) is 0.970. The first-order chi connectivity index (χ1) is 9.79. The molecular weight excluding hydrogens is 268 g/mol. The molecule has 0 aliphatic carbocycles. The minimum Gasteiger partial charge on any atom is -0.300 e. The van der Waals surface area contributed by atoms with Crippen molar-refractivity contribution in [3.05, 3.63) is 35.1 Å². The van der Waals surface area contributed by atoms with Gasteiger partial charge in [0.25, 0.3) is 0 Å². The van der Waals surface area contributed by atoms with E-state index >= 15 is 0 Å². The third-order valence-electron chi connectivity index (χ3n) is 3.80. The number of nitrogens with zero attached hydrogens (tertiary/aromatic N) is 4. The summed E-state index contributed by atoms with van der Waals surface area (Å²) in [6, 6.07) is 10.3. The number of aromatic nitrogens is 3. The van der Waals surface area contributed by atoms with Crippen molar-refractivity contribution in [3.8, 4) is 11.4 Å². The van der Waals surface area contributed by atoms with Gasteiger partial charge in [-0.25, -0.2) is 4.68 Å². The van der Waals surface area contributed by atoms with Gasteiger partial charge in [0.15, 0.2) is 10.6 Å². The van der Waals surface area contributed by atoms with Crippen molar-refractivity contribution in [2.24, 2.45) is 0 Å². The summed E-state index contributed by atoms with van der Waals surface area (Å²) in [4.78, 5) is 2.41. The van der Waals surface area contributed by atoms with Crippen molar-refractivity contribution < 1.29 is 0 Å². The molecule has 0 bridgehead atoms. The van der Waals surface area contributed by atoms with Crippen molar-refractivity contribution >= 4 is 12.2 Å². The maximum absolute atomic E-state index is 5.58. The van der Waals surface area contributed by atoms with Crippen LogP contribution in [0.15, 0.2) is 30.3 Å². The summed E-state index contributed by atoms with van der Waals surface area (Å²) >= 11 is 5.58. The van der Waals surface area contributed by atoms with Gasteiger partial charge in [-0.1, -0.05) is 30.3 Å². The van der Waals surface area contributed by atoms with Crippen LogP contribution in [0.1, 0.15) is 19.8 Å². The van der Waals surface area contributed by atoms with Crippen LogP contribution in [-0.2, 0) is 13.2 Å². The van der Waals surface area contributed by atoms with Gasteiger partial charge in [-0.3, -0.25) is 4.90 Å². The number of likely N-dealkylation sites (tertiary alicyclic amines) is 1. The molecule has 3 rings (SSSR count). The Morgan fingerprint density at radius 1 is 1.15 bits per heavy atom. The Morgan fingerprint density at radius 3 is 2.50 bits per heavy atom. The van der Waals surface area contributed by atoms with Crippen LogP contribution in [0.2, 0.25) is 0 Å². The van der Waals surface area contributed by atoms with E-state index < -0.39 is 0 Å². The van der Waals surface area contributed by atoms with Crippen molar-refractivity contribution in [1.82, 2.24) is 19.2 Å². The first-order valence-corrected chi connectivity index (χ1v) is 7.66. The molecule has 1 aliphatic rings. The van der Waals surface area contributed by atoms with Crippen molar-refractivity contribution in [2.45, 2.75) is 33.0 Å². The van der Waals surface area contributed by atoms with Crippen LogP contribution in [0.5, 0.6) is 0 Å². The lowest BCUT2D eigenvalue weighted by Gasteiger charge is -2.13. The topological polar surface area (TPSA) is 26.0 Å². The lowest BCUT2D eigenvalue weighted by atomic mass is 10.2. The van der Waals surface area contributed by atoms with Gasteiger partial charge in [0, 0.05) is 12.1 Å². The summed E-state index contributed by atoms with van der Waals surface area (Å²) in [5, 5.41) is 4.75. The van der Waals surface area contributed by atoms with Gasteiger partial charge in [0.1, 0.15) is 0 Å². The molecule has 4 nitrogen and oxygen atoms in total. The molecule has 5 heteroatoms. The van der Waals surface area contributed by atoms with Crippen LogP contribution in [0.25, 0.3) is 11.4 Å². The molecule has 2 heterocycles. The Bertz CT molecular complexity index is 623. The fourth-order valence-corrected chi connectivity index (χ4v) is 3.05. The molecule has 20 heavy (non-hydrogen) atoms. The summed E-state index contributed by atoms with van der Waals surface area (Å²) < 4.78 is 4.89. The molecular formula is C15H20N4S. The van der Waals surface area contributed by atoms with Crippen LogP contribution >= 0.6 is 12.2 Å². The zero-order chi connectivity index (χ0) is 13.9. The number of rotatable bonds is 4. The van der Waals surface area contributed by atoms with E-state index in [-0.39, 0.29) is 0 Å². The fourth-order valence-electron chi connectivity index (χ4n) is 2.73. The van der Waals surface area contributed by atoms with Crippen LogP contribution in [-0.4, -0.2) is 32.3 Å². The zero-order valence-corrected chi connectivity index (χ0v) is 12.6. The Balaban J connectivity index is 1.96. The van der Waals surface area contributed by atoms with Crippen molar-refractivity contribution in [3.63, 3.8) is 0 Å². The summed E-state index contributed by atoms with van der Waals surface area (Å²) in [5.41, 5.74) is 1.13. The second-order valence-corrected chi connectivity index (χ2v) is 5.55. The Labute approximate surface area is 124 Å². The highest BCUT2D eigenvalue weighted by Crippen LogP contribution is 2.18. The SMILES string of the molecule is CCn1c(-c2ccccc2)nn(CN2CCCC2)c1=S. The predicted molar refractivity (Wildman–Crippen MR) is 83.0 cm³/mol. The van der Waals surface area contributed by atoms with Crippen LogP contribution in [0, 0.1) is 4.77 Å². The van der Waals surface area contributed by atoms with Gasteiger partial charge in [-0.15, -0.1) is 0 Å². The first kappa shape index (κ1) is 13.5. The van der Waals surface area contributed by atoms with Gasteiger partial charge >= 0.3 is 0 Å². The van der Waals surface area contributed by atoms with Gasteiger partial charge in [0.2, 0.25) is 0 Å². The zero-order valence-electron chi connectivity index (χ0n) is 11.8. The summed E-state index contributed by atoms with van der Waals surface area (Å²) in [6.45, 7) is 6.09. The maximum atomic E-state index is 5.58. The second-order valence-electron chi connectivity index (χ2n) is 5.18. The fraction of sp³-hybridized carbons (Fsp3) is 0.467. The van der Waals surface area contributed by atoms with Crippen LogP contribution in [0.3, 0.4) is 0 Å². The average Bonchev–Trinajstić information content (AvgIpc) is 3.09. The number of hydrogen-bond donors (Lipinski definition) is 0. The van der Waals surface area contributed by atoms with Gasteiger partial charge in [-0.05, 0) is 45.1 Å². The summed E-state index contributed by atoms with van der Waals surface area (Å²) in [6.07, 6.45) is 2.57. The molecule has 1 aliphatic heterocycles. The normalized spacial score (nSPS) is 15.8. The molecule has 1 fully saturated rings. The Hall–Kier alpha value is -1.46. The van der Waals surface area contributed by atoms with Crippen molar-refractivity contribution in [1.29, 1.82) is 0 Å². The molecule has 1 aromatic carbocycles. The molecule has 2 aromatic rings. The molecule has 0 atom stereocenters. The lowest BCUT2D eigenvalue weighted by molar-refractivity contribution is 0.253. The second kappa shape index (κ2) is 5.89. The third-order valence-corrected chi connectivity index (χ3v) is 4.23. The van der Waals surface area contributed by atoms with Gasteiger partial charge < -0.3 is 4.57 Å². The van der Waals surface area contributed by atoms with E-state index in [0.717, 1.165) is 42.5 Å². The molecule has 1 saturated heterocycles. The van der Waals surface area contributed by atoms with Gasteiger partial charge in [-0.2, -0.15) is 5.10 Å². The van der Waals surface area contributed by atoms with Crippen molar-refractivity contribution in [2.75, 3.05) is 13.1 Å². The highest BCUT2D eigenvalue weighted by molar-refractivity contribution is 7.71. The van der Waals surface area contributed by atoms with E-state index in [0.29, 0.717) is 0 Å². The first-order valence-electron chi connectivity index (χ1n) is 7.25. The molecule has 1 aromatic heterocycles. The Kier molecular flexibility index (Phi) is 3.98. The maximum Gasteiger partial charge on any atom is 0.199 e. The standard InChI is InChI=1S/C15H20N4S/c1-2-18-14(13-8-4-3-5-9-13)16-19(15(18)20)12-17-10-6-7-11-17/h3-5,8-9H,2,6-7,10-12H2,1H3. The largest absolute Gasteiger partial charge is 0.300 e. The monoisotopic (exact) mass is 288 g/mol. The van der Waals surface area contributed by atoms with Crippen LogP contribution < -0.4 is 0 Å². The quantitative estimate of drug-likeness (QED) is 0.808. The molecule has 0 radical (unpaired) electrons. The lowest BCUT2D eigenvalue weighted by Crippen LogP contribution is -2.23. The van der Waals surface area contributed by atoms with E-state index in [4.69, 9.17) is 17.3 Å². The number of benzene rings is 1. The van der Waals surface area contributed by atoms with E-state index in [9.17, 15) is 0 Å². The summed E-state index contributed by atoms with van der Waals surface area (Å²) in [7, 11) is 0.